The van der Waals surface area contributed by atoms with Gasteiger partial charge in [0, 0.05) is 5.41 Å². The molecule has 0 aliphatic heterocycles. The molecule has 0 saturated heterocycles. The van der Waals surface area contributed by atoms with Crippen molar-refractivity contribution in [1.29, 1.82) is 0 Å². The van der Waals surface area contributed by atoms with E-state index in [2.05, 4.69) is 83.7 Å². The summed E-state index contributed by atoms with van der Waals surface area (Å²) in [4.78, 5) is 11.4. The number of hydrogen-bond donors (Lipinski definition) is 2. The molecule has 3 heteroatoms. The summed E-state index contributed by atoms with van der Waals surface area (Å²) in [5.74, 6) is -0.838. The van der Waals surface area contributed by atoms with Gasteiger partial charge in [0.25, 0.3) is 0 Å². The number of benzene rings is 3. The predicted octanol–water partition coefficient (Wildman–Crippen LogP) is 9.61. The zero-order valence-corrected chi connectivity index (χ0v) is 26.3. The molecule has 0 amide bonds. The smallest absolute Gasteiger partial charge is 0.307 e. The highest BCUT2D eigenvalue weighted by atomic mass is 16.4. The molecule has 0 atom stereocenters. The highest BCUT2D eigenvalue weighted by molar-refractivity contribution is 5.80. The van der Waals surface area contributed by atoms with Gasteiger partial charge >= 0.3 is 5.97 Å². The second kappa shape index (κ2) is 13.0. The molecule has 41 heavy (non-hydrogen) atoms. The summed E-state index contributed by atoms with van der Waals surface area (Å²) in [5.41, 5.74) is 11.3. The van der Waals surface area contributed by atoms with Gasteiger partial charge in [0.2, 0.25) is 0 Å². The Balaban J connectivity index is 2.09. The maximum atomic E-state index is 11.4. The third-order valence-electron chi connectivity index (χ3n) is 9.11. The number of aryl methyl sites for hydroxylation is 3. The lowest BCUT2D eigenvalue weighted by atomic mass is 9.69. The van der Waals surface area contributed by atoms with Crippen LogP contribution in [0.1, 0.15) is 105 Å². The van der Waals surface area contributed by atoms with E-state index in [1.54, 1.807) is 0 Å². The second-order valence-electron chi connectivity index (χ2n) is 11.7. The van der Waals surface area contributed by atoms with Gasteiger partial charge in [-0.25, -0.2) is 0 Å². The van der Waals surface area contributed by atoms with Gasteiger partial charge in [0.1, 0.15) is 0 Å². The van der Waals surface area contributed by atoms with Crippen molar-refractivity contribution < 1.29 is 15.0 Å². The lowest BCUT2D eigenvalue weighted by molar-refractivity contribution is -0.136. The first-order valence-electron chi connectivity index (χ1n) is 15.0. The Hall–Kier alpha value is -3.43. The Labute approximate surface area is 247 Å². The molecule has 2 N–H and O–H groups in total. The van der Waals surface area contributed by atoms with E-state index in [1.807, 2.05) is 39.0 Å². The maximum absolute atomic E-state index is 11.4. The molecule has 3 nitrogen and oxygen atoms in total. The zero-order chi connectivity index (χ0) is 30.5. The van der Waals surface area contributed by atoms with Crippen LogP contribution in [0.2, 0.25) is 0 Å². The van der Waals surface area contributed by atoms with Gasteiger partial charge < -0.3 is 10.2 Å². The van der Waals surface area contributed by atoms with Gasteiger partial charge in [0.15, 0.2) is 0 Å². The molecule has 0 heterocycles. The third-order valence-corrected chi connectivity index (χ3v) is 9.11. The standard InChI is InChI=1S/C38H48O3/c1-10-37(41,11-2)19-18-29-16-17-32(20-26(29)7)38(12-3,13-4)33-21-27(8)36(28(9)22-33)31-15-14-30(24-35(39)40)34(23-31)25(5)6/h14-23,41H,5,10-13,24H2,1-4,6-9H3,(H,39,40)/b19-18+. The number of aliphatic hydroxyl groups is 1. The average Bonchev–Trinajstić information content (AvgIpc) is 2.93. The average molecular weight is 553 g/mol. The summed E-state index contributed by atoms with van der Waals surface area (Å²) in [5, 5.41) is 20.1. The molecule has 0 radical (unpaired) electrons. The molecule has 0 saturated carbocycles. The molecule has 0 fully saturated rings. The first-order chi connectivity index (χ1) is 19.3. The lowest BCUT2D eigenvalue weighted by Gasteiger charge is -2.35. The van der Waals surface area contributed by atoms with Gasteiger partial charge in [-0.15, -0.1) is 0 Å². The zero-order valence-electron chi connectivity index (χ0n) is 26.3. The molecule has 218 valence electrons. The van der Waals surface area contributed by atoms with Crippen molar-refractivity contribution in [3.8, 4) is 11.1 Å². The Morgan fingerprint density at radius 1 is 0.829 bits per heavy atom. The molecule has 0 spiro atoms. The first kappa shape index (κ1) is 32.1. The number of hydrogen-bond acceptors (Lipinski definition) is 2. The maximum Gasteiger partial charge on any atom is 0.307 e. The normalized spacial score (nSPS) is 12.2. The molecule has 3 rings (SSSR count). The van der Waals surface area contributed by atoms with Gasteiger partial charge in [-0.3, -0.25) is 4.79 Å². The Morgan fingerprint density at radius 2 is 1.41 bits per heavy atom. The van der Waals surface area contributed by atoms with Crippen molar-refractivity contribution in [2.45, 2.75) is 98.5 Å². The van der Waals surface area contributed by atoms with Gasteiger partial charge in [-0.2, -0.15) is 0 Å². The molecule has 0 aromatic heterocycles. The predicted molar refractivity (Wildman–Crippen MR) is 175 cm³/mol. The number of carboxylic acids is 1. The largest absolute Gasteiger partial charge is 0.481 e. The molecule has 0 aliphatic carbocycles. The highest BCUT2D eigenvalue weighted by Crippen LogP contribution is 2.42. The molecular weight excluding hydrogens is 504 g/mol. The Kier molecular flexibility index (Phi) is 10.2. The molecule has 0 bridgehead atoms. The van der Waals surface area contributed by atoms with Crippen molar-refractivity contribution in [3.05, 3.63) is 106 Å². The van der Waals surface area contributed by atoms with Gasteiger partial charge in [-0.05, 0) is 115 Å². The van der Waals surface area contributed by atoms with Crippen LogP contribution in [0, 0.1) is 20.8 Å². The van der Waals surface area contributed by atoms with E-state index < -0.39 is 11.6 Å². The monoisotopic (exact) mass is 552 g/mol. The summed E-state index contributed by atoms with van der Waals surface area (Å²) in [6.07, 6.45) is 7.34. The van der Waals surface area contributed by atoms with Gasteiger partial charge in [-0.1, -0.05) is 94.5 Å². The van der Waals surface area contributed by atoms with E-state index in [4.69, 9.17) is 0 Å². The van der Waals surface area contributed by atoms with Crippen LogP contribution in [-0.4, -0.2) is 21.8 Å². The third kappa shape index (κ3) is 6.73. The van der Waals surface area contributed by atoms with Gasteiger partial charge in [0.05, 0.1) is 12.0 Å². The first-order valence-corrected chi connectivity index (χ1v) is 15.0. The summed E-state index contributed by atoms with van der Waals surface area (Å²) in [6.45, 7) is 21.1. The Bertz CT molecular complexity index is 1430. The molecule has 3 aromatic rings. The summed E-state index contributed by atoms with van der Waals surface area (Å²) in [6, 6.07) is 17.5. The van der Waals surface area contributed by atoms with Crippen LogP contribution in [0.3, 0.4) is 0 Å². The van der Waals surface area contributed by atoms with E-state index in [-0.39, 0.29) is 11.8 Å². The number of carboxylic acid groups (broad SMARTS) is 1. The highest BCUT2D eigenvalue weighted by Gasteiger charge is 2.32. The quantitative estimate of drug-likeness (QED) is 0.235. The number of rotatable bonds is 12. The van der Waals surface area contributed by atoms with E-state index in [9.17, 15) is 15.0 Å². The second-order valence-corrected chi connectivity index (χ2v) is 11.7. The summed E-state index contributed by atoms with van der Waals surface area (Å²) < 4.78 is 0. The fourth-order valence-electron chi connectivity index (χ4n) is 6.27. The van der Waals surface area contributed by atoms with Crippen LogP contribution >= 0.6 is 0 Å². The van der Waals surface area contributed by atoms with E-state index in [1.165, 1.54) is 33.4 Å². The van der Waals surface area contributed by atoms with Crippen LogP contribution in [-0.2, 0) is 16.6 Å². The minimum Gasteiger partial charge on any atom is -0.481 e. The summed E-state index contributed by atoms with van der Waals surface area (Å²) >= 11 is 0. The van der Waals surface area contributed by atoms with Crippen LogP contribution in [0.15, 0.2) is 61.2 Å². The minimum atomic E-state index is -0.838. The number of allylic oxidation sites excluding steroid dienone is 1. The molecule has 0 aliphatic rings. The van der Waals surface area contributed by atoms with Crippen LogP contribution < -0.4 is 0 Å². The van der Waals surface area contributed by atoms with Crippen molar-refractivity contribution in [3.63, 3.8) is 0 Å². The van der Waals surface area contributed by atoms with E-state index in [0.717, 1.165) is 40.7 Å². The van der Waals surface area contributed by atoms with Crippen molar-refractivity contribution in [2.75, 3.05) is 0 Å². The van der Waals surface area contributed by atoms with E-state index in [0.29, 0.717) is 12.8 Å². The van der Waals surface area contributed by atoms with Crippen molar-refractivity contribution in [2.24, 2.45) is 0 Å². The van der Waals surface area contributed by atoms with Crippen molar-refractivity contribution in [1.82, 2.24) is 0 Å². The number of aliphatic carboxylic acids is 1. The van der Waals surface area contributed by atoms with Crippen LogP contribution in [0.4, 0.5) is 0 Å². The lowest BCUT2D eigenvalue weighted by Crippen LogP contribution is -2.26. The fraction of sp³-hybridized carbons (Fsp3) is 0.395. The molecule has 3 aromatic carbocycles. The SMILES string of the molecule is C=C(C)c1cc(-c2c(C)cc(C(CC)(CC)c3ccc(/C=C/C(O)(CC)CC)c(C)c3)cc2C)ccc1CC(=O)O. The minimum absolute atomic E-state index is 0.0129. The fourth-order valence-corrected chi connectivity index (χ4v) is 6.27. The van der Waals surface area contributed by atoms with E-state index >= 15 is 0 Å². The number of carbonyl (C=O) groups is 1. The molecular formula is C38H48O3. The van der Waals surface area contributed by atoms with Crippen LogP contribution in [0.5, 0.6) is 0 Å². The van der Waals surface area contributed by atoms with Crippen LogP contribution in [0.25, 0.3) is 22.8 Å². The topological polar surface area (TPSA) is 57.5 Å². The molecule has 0 unspecified atom stereocenters. The summed E-state index contributed by atoms with van der Waals surface area (Å²) in [7, 11) is 0. The Morgan fingerprint density at radius 3 is 1.90 bits per heavy atom. The van der Waals surface area contributed by atoms with Crippen molar-refractivity contribution >= 4 is 17.6 Å².